The molecule has 2 rings (SSSR count). The third-order valence-electron chi connectivity index (χ3n) is 4.12. The van der Waals surface area contributed by atoms with Crippen LogP contribution in [0.2, 0.25) is 0 Å². The summed E-state index contributed by atoms with van der Waals surface area (Å²) in [6.07, 6.45) is 7.21. The quantitative estimate of drug-likeness (QED) is 0.888. The van der Waals surface area contributed by atoms with Crippen LogP contribution < -0.4 is 5.32 Å². The Labute approximate surface area is 110 Å². The highest BCUT2D eigenvalue weighted by Crippen LogP contribution is 2.29. The Balaban J connectivity index is 1.75. The molecule has 1 aromatic rings. The summed E-state index contributed by atoms with van der Waals surface area (Å²) in [5.74, 6) is 2.64. The molecule has 0 bridgehead atoms. The van der Waals surface area contributed by atoms with Crippen LogP contribution in [-0.4, -0.2) is 16.0 Å². The minimum absolute atomic E-state index is 0.676. The molecule has 1 aliphatic carbocycles. The van der Waals surface area contributed by atoms with Crippen molar-refractivity contribution >= 4 is 0 Å². The lowest BCUT2D eigenvalue weighted by atomic mass is 9.80. The molecule has 0 saturated heterocycles. The summed E-state index contributed by atoms with van der Waals surface area (Å²) >= 11 is 0. The van der Waals surface area contributed by atoms with E-state index in [2.05, 4.69) is 29.1 Å². The van der Waals surface area contributed by atoms with Crippen molar-refractivity contribution in [1.82, 2.24) is 15.3 Å². The topological polar surface area (TPSA) is 37.8 Å². The van der Waals surface area contributed by atoms with E-state index in [0.717, 1.165) is 29.9 Å². The Morgan fingerprint density at radius 1 is 1.28 bits per heavy atom. The fraction of sp³-hybridized carbons (Fsp3) is 0.733. The Morgan fingerprint density at radius 2 is 2.00 bits per heavy atom. The molecular formula is C15H25N3. The lowest BCUT2D eigenvalue weighted by molar-refractivity contribution is 0.238. The van der Waals surface area contributed by atoms with Gasteiger partial charge in [0.1, 0.15) is 5.82 Å². The van der Waals surface area contributed by atoms with Crippen molar-refractivity contribution in [2.75, 3.05) is 0 Å². The monoisotopic (exact) mass is 247 g/mol. The van der Waals surface area contributed by atoms with Crippen molar-refractivity contribution in [2.45, 2.75) is 59.0 Å². The van der Waals surface area contributed by atoms with Gasteiger partial charge in [-0.1, -0.05) is 13.8 Å². The van der Waals surface area contributed by atoms with Crippen LogP contribution in [0.5, 0.6) is 0 Å². The van der Waals surface area contributed by atoms with E-state index in [0.29, 0.717) is 6.04 Å². The highest BCUT2D eigenvalue weighted by Gasteiger charge is 2.22. The minimum atomic E-state index is 0.676. The number of aromatic nitrogens is 2. The number of hydrogen-bond acceptors (Lipinski definition) is 3. The summed E-state index contributed by atoms with van der Waals surface area (Å²) in [5.41, 5.74) is 1.11. The number of aryl methyl sites for hydroxylation is 1. The second-order valence-corrected chi connectivity index (χ2v) is 5.83. The molecule has 1 heterocycles. The Morgan fingerprint density at radius 3 is 2.61 bits per heavy atom. The average Bonchev–Trinajstić information content (AvgIpc) is 2.37. The number of nitrogens with zero attached hydrogens (tertiary/aromatic N) is 2. The van der Waals surface area contributed by atoms with Crippen LogP contribution in [0.25, 0.3) is 0 Å². The van der Waals surface area contributed by atoms with E-state index in [1.54, 1.807) is 0 Å². The summed E-state index contributed by atoms with van der Waals surface area (Å²) in [5, 5.41) is 3.63. The summed E-state index contributed by atoms with van der Waals surface area (Å²) in [6, 6.07) is 2.68. The van der Waals surface area contributed by atoms with Crippen LogP contribution in [0.15, 0.2) is 12.3 Å². The van der Waals surface area contributed by atoms with Crippen LogP contribution in [-0.2, 0) is 6.54 Å². The van der Waals surface area contributed by atoms with E-state index in [-0.39, 0.29) is 0 Å². The second-order valence-electron chi connectivity index (χ2n) is 5.83. The van der Waals surface area contributed by atoms with Gasteiger partial charge in [-0.2, -0.15) is 0 Å². The van der Waals surface area contributed by atoms with Gasteiger partial charge in [0.2, 0.25) is 0 Å². The molecule has 1 saturated carbocycles. The molecule has 0 aliphatic heterocycles. The van der Waals surface area contributed by atoms with Gasteiger partial charge in [0.25, 0.3) is 0 Å². The second kappa shape index (κ2) is 6.28. The zero-order valence-corrected chi connectivity index (χ0v) is 11.8. The van der Waals surface area contributed by atoms with Crippen molar-refractivity contribution in [3.05, 3.63) is 23.8 Å². The molecule has 0 aromatic carbocycles. The number of rotatable bonds is 4. The van der Waals surface area contributed by atoms with Crippen molar-refractivity contribution in [3.63, 3.8) is 0 Å². The van der Waals surface area contributed by atoms with Gasteiger partial charge in [0.05, 0.1) is 5.69 Å². The van der Waals surface area contributed by atoms with E-state index < -0.39 is 0 Å². The fourth-order valence-electron chi connectivity index (χ4n) is 2.84. The smallest absolute Gasteiger partial charge is 0.125 e. The molecular weight excluding hydrogens is 222 g/mol. The molecule has 0 atom stereocenters. The van der Waals surface area contributed by atoms with Gasteiger partial charge in [0, 0.05) is 18.8 Å². The molecule has 1 aliphatic rings. The first-order chi connectivity index (χ1) is 8.65. The zero-order chi connectivity index (χ0) is 13.0. The van der Waals surface area contributed by atoms with E-state index in [1.807, 2.05) is 19.2 Å². The Kier molecular flexibility index (Phi) is 4.70. The van der Waals surface area contributed by atoms with Crippen LogP contribution in [0.1, 0.15) is 51.0 Å². The van der Waals surface area contributed by atoms with E-state index >= 15 is 0 Å². The summed E-state index contributed by atoms with van der Waals surface area (Å²) in [4.78, 5) is 8.55. The highest BCUT2D eigenvalue weighted by molar-refractivity contribution is 5.01. The minimum Gasteiger partial charge on any atom is -0.308 e. The third-order valence-corrected chi connectivity index (χ3v) is 4.12. The Bertz CT molecular complexity index is 368. The summed E-state index contributed by atoms with van der Waals surface area (Å²) < 4.78 is 0. The molecule has 1 N–H and O–H groups in total. The molecule has 0 unspecified atom stereocenters. The maximum Gasteiger partial charge on any atom is 0.125 e. The van der Waals surface area contributed by atoms with Gasteiger partial charge < -0.3 is 5.32 Å². The van der Waals surface area contributed by atoms with Crippen LogP contribution in [0, 0.1) is 18.8 Å². The molecule has 3 nitrogen and oxygen atoms in total. The average molecular weight is 247 g/mol. The van der Waals surface area contributed by atoms with Gasteiger partial charge in [-0.05, 0) is 50.5 Å². The standard InChI is InChI=1S/C15H25N3/c1-11(2)13-4-6-14(7-5-13)17-10-15-8-9-16-12(3)18-15/h8-9,11,13-14,17H,4-7,10H2,1-3H3. The molecule has 0 amide bonds. The predicted octanol–water partition coefficient (Wildman–Crippen LogP) is 3.09. The normalized spacial score (nSPS) is 24.4. The highest BCUT2D eigenvalue weighted by atomic mass is 15.0. The molecule has 0 radical (unpaired) electrons. The largest absolute Gasteiger partial charge is 0.308 e. The maximum absolute atomic E-state index is 4.43. The van der Waals surface area contributed by atoms with Gasteiger partial charge in [-0.15, -0.1) is 0 Å². The van der Waals surface area contributed by atoms with Crippen molar-refractivity contribution < 1.29 is 0 Å². The Hall–Kier alpha value is -0.960. The fourth-order valence-corrected chi connectivity index (χ4v) is 2.84. The van der Waals surface area contributed by atoms with Gasteiger partial charge in [-0.25, -0.2) is 9.97 Å². The first-order valence-electron chi connectivity index (χ1n) is 7.17. The summed E-state index contributed by atoms with van der Waals surface area (Å²) in [7, 11) is 0. The van der Waals surface area contributed by atoms with Crippen molar-refractivity contribution in [1.29, 1.82) is 0 Å². The maximum atomic E-state index is 4.43. The molecule has 1 aromatic heterocycles. The SMILES string of the molecule is Cc1nccc(CNC2CCC(C(C)C)CC2)n1. The predicted molar refractivity (Wildman–Crippen MR) is 74.2 cm³/mol. The molecule has 3 heteroatoms. The first-order valence-corrected chi connectivity index (χ1v) is 7.17. The van der Waals surface area contributed by atoms with E-state index in [1.165, 1.54) is 25.7 Å². The summed E-state index contributed by atoms with van der Waals surface area (Å²) in [6.45, 7) is 7.52. The zero-order valence-electron chi connectivity index (χ0n) is 11.8. The van der Waals surface area contributed by atoms with Crippen LogP contribution in [0.3, 0.4) is 0 Å². The molecule has 18 heavy (non-hydrogen) atoms. The van der Waals surface area contributed by atoms with Crippen molar-refractivity contribution in [2.24, 2.45) is 11.8 Å². The van der Waals surface area contributed by atoms with E-state index in [9.17, 15) is 0 Å². The van der Waals surface area contributed by atoms with Crippen molar-refractivity contribution in [3.8, 4) is 0 Å². The van der Waals surface area contributed by atoms with Crippen LogP contribution in [0.4, 0.5) is 0 Å². The molecule has 0 spiro atoms. The lowest BCUT2D eigenvalue weighted by Crippen LogP contribution is -2.34. The van der Waals surface area contributed by atoms with Gasteiger partial charge in [0.15, 0.2) is 0 Å². The van der Waals surface area contributed by atoms with E-state index in [4.69, 9.17) is 0 Å². The van der Waals surface area contributed by atoms with Crippen LogP contribution >= 0.6 is 0 Å². The number of hydrogen-bond donors (Lipinski definition) is 1. The van der Waals surface area contributed by atoms with Gasteiger partial charge in [-0.3, -0.25) is 0 Å². The molecule has 1 fully saturated rings. The van der Waals surface area contributed by atoms with Gasteiger partial charge >= 0.3 is 0 Å². The molecule has 100 valence electrons. The number of nitrogens with one attached hydrogen (secondary N) is 1. The first kappa shape index (κ1) is 13.5. The third kappa shape index (κ3) is 3.77. The lowest BCUT2D eigenvalue weighted by Gasteiger charge is -2.31.